The molecule has 170 valence electrons. The average Bonchev–Trinajstić information content (AvgIpc) is 3.08. The molecule has 32 heavy (non-hydrogen) atoms. The molecule has 1 N–H and O–H groups in total. The van der Waals surface area contributed by atoms with Crippen LogP contribution in [0, 0.1) is 5.92 Å². The Kier molecular flexibility index (Phi) is 6.39. The number of carbonyl (C=O) groups excluding carboxylic acids is 1. The van der Waals surface area contributed by atoms with Crippen LogP contribution in [-0.2, 0) is 17.6 Å². The van der Waals surface area contributed by atoms with Gasteiger partial charge < -0.3 is 14.8 Å². The Hall–Kier alpha value is -2.47. The van der Waals surface area contributed by atoms with E-state index in [1.54, 1.807) is 0 Å². The first-order chi connectivity index (χ1) is 15.7. The van der Waals surface area contributed by atoms with Gasteiger partial charge in [-0.2, -0.15) is 0 Å². The van der Waals surface area contributed by atoms with Gasteiger partial charge in [0.05, 0.1) is 5.69 Å². The zero-order chi connectivity index (χ0) is 21.9. The van der Waals surface area contributed by atoms with Crippen LogP contribution in [0.1, 0.15) is 56.2 Å². The zero-order valence-corrected chi connectivity index (χ0v) is 18.9. The van der Waals surface area contributed by atoms with E-state index in [1.165, 1.54) is 32.4 Å². The van der Waals surface area contributed by atoms with Crippen molar-refractivity contribution in [3.8, 4) is 11.4 Å². The first-order valence-corrected chi connectivity index (χ1v) is 12.4. The van der Waals surface area contributed by atoms with Gasteiger partial charge in [0.15, 0.2) is 0 Å². The number of aromatic amines is 1. The van der Waals surface area contributed by atoms with E-state index in [0.717, 1.165) is 55.6 Å². The molecule has 3 heterocycles. The highest BCUT2D eigenvalue weighted by atomic mass is 16.2. The van der Waals surface area contributed by atoms with E-state index in [2.05, 4.69) is 14.8 Å². The number of nitrogens with one attached hydrogen (secondary N) is 1. The summed E-state index contributed by atoms with van der Waals surface area (Å²) in [4.78, 5) is 38.6. The Labute approximate surface area is 190 Å². The summed E-state index contributed by atoms with van der Waals surface area (Å²) in [5.74, 6) is 0.906. The predicted molar refractivity (Wildman–Crippen MR) is 125 cm³/mol. The second kappa shape index (κ2) is 9.57. The number of piperidine rings is 2. The Morgan fingerprint density at radius 1 is 0.906 bits per heavy atom. The molecule has 0 spiro atoms. The molecule has 0 bridgehead atoms. The van der Waals surface area contributed by atoms with Gasteiger partial charge in [-0.25, -0.2) is 4.98 Å². The largest absolute Gasteiger partial charge is 0.342 e. The standard InChI is InChI=1S/C26H34N4O2/c31-25-22-11-9-20(10-12-23(22)27-24(28-25)19-7-3-1-4-8-19)26(32)30-17-13-21(14-18-30)29-15-5-2-6-16-29/h1,3-4,7-8,20-21H,2,5-6,9-18H2,(H,27,28,31). The molecule has 1 amide bonds. The van der Waals surface area contributed by atoms with Gasteiger partial charge in [0.25, 0.3) is 5.56 Å². The second-order valence-electron chi connectivity index (χ2n) is 9.63. The number of carbonyl (C=O) groups is 1. The molecule has 3 aliphatic rings. The fraction of sp³-hybridized carbons (Fsp3) is 0.577. The van der Waals surface area contributed by atoms with Crippen LogP contribution in [0.3, 0.4) is 0 Å². The molecule has 1 aromatic carbocycles. The molecule has 2 fully saturated rings. The summed E-state index contributed by atoms with van der Waals surface area (Å²) in [7, 11) is 0. The molecule has 5 rings (SSSR count). The fourth-order valence-corrected chi connectivity index (χ4v) is 5.76. The van der Waals surface area contributed by atoms with Crippen molar-refractivity contribution in [2.24, 2.45) is 5.92 Å². The van der Waals surface area contributed by atoms with E-state index in [4.69, 9.17) is 4.98 Å². The van der Waals surface area contributed by atoms with Gasteiger partial charge in [-0.1, -0.05) is 36.8 Å². The molecule has 2 aliphatic heterocycles. The molecule has 1 aromatic heterocycles. The number of fused-ring (bicyclic) bond motifs is 1. The van der Waals surface area contributed by atoms with E-state index in [-0.39, 0.29) is 17.4 Å². The first-order valence-electron chi connectivity index (χ1n) is 12.4. The lowest BCUT2D eigenvalue weighted by Gasteiger charge is -2.41. The fourth-order valence-electron chi connectivity index (χ4n) is 5.76. The van der Waals surface area contributed by atoms with Crippen molar-refractivity contribution in [3.05, 3.63) is 51.9 Å². The van der Waals surface area contributed by atoms with E-state index in [0.29, 0.717) is 24.7 Å². The van der Waals surface area contributed by atoms with Crippen LogP contribution >= 0.6 is 0 Å². The highest BCUT2D eigenvalue weighted by Gasteiger charge is 2.32. The predicted octanol–water partition coefficient (Wildman–Crippen LogP) is 3.41. The smallest absolute Gasteiger partial charge is 0.254 e. The molecule has 0 radical (unpaired) electrons. The van der Waals surface area contributed by atoms with Gasteiger partial charge in [0.2, 0.25) is 5.91 Å². The van der Waals surface area contributed by atoms with Crippen LogP contribution in [0.2, 0.25) is 0 Å². The summed E-state index contributed by atoms with van der Waals surface area (Å²) >= 11 is 0. The van der Waals surface area contributed by atoms with Crippen LogP contribution in [0.5, 0.6) is 0 Å². The van der Waals surface area contributed by atoms with Crippen LogP contribution in [0.15, 0.2) is 35.1 Å². The molecule has 6 nitrogen and oxygen atoms in total. The average molecular weight is 435 g/mol. The maximum atomic E-state index is 13.3. The minimum absolute atomic E-state index is 0.00434. The lowest BCUT2D eigenvalue weighted by Crippen LogP contribution is -2.49. The molecule has 0 saturated carbocycles. The van der Waals surface area contributed by atoms with Crippen LogP contribution < -0.4 is 5.56 Å². The summed E-state index contributed by atoms with van der Waals surface area (Å²) in [5.41, 5.74) is 2.50. The minimum atomic E-state index is -0.0516. The number of hydrogen-bond acceptors (Lipinski definition) is 4. The van der Waals surface area contributed by atoms with Crippen molar-refractivity contribution in [2.75, 3.05) is 26.2 Å². The lowest BCUT2D eigenvalue weighted by atomic mass is 9.95. The molecular weight excluding hydrogens is 400 g/mol. The number of hydrogen-bond donors (Lipinski definition) is 1. The maximum absolute atomic E-state index is 13.3. The highest BCUT2D eigenvalue weighted by molar-refractivity contribution is 5.79. The summed E-state index contributed by atoms with van der Waals surface area (Å²) in [6.45, 7) is 4.21. The minimum Gasteiger partial charge on any atom is -0.342 e. The normalized spacial score (nSPS) is 22.9. The monoisotopic (exact) mass is 434 g/mol. The van der Waals surface area contributed by atoms with Crippen LogP contribution in [-0.4, -0.2) is 57.9 Å². The molecule has 1 aliphatic carbocycles. The molecule has 1 atom stereocenters. The van der Waals surface area contributed by atoms with Crippen molar-refractivity contribution < 1.29 is 4.79 Å². The molecule has 2 saturated heterocycles. The van der Waals surface area contributed by atoms with Gasteiger partial charge >= 0.3 is 0 Å². The Balaban J connectivity index is 1.22. The van der Waals surface area contributed by atoms with Gasteiger partial charge in [-0.3, -0.25) is 9.59 Å². The first kappa shape index (κ1) is 21.4. The Morgan fingerprint density at radius 2 is 1.62 bits per heavy atom. The maximum Gasteiger partial charge on any atom is 0.254 e. The Morgan fingerprint density at radius 3 is 2.38 bits per heavy atom. The van der Waals surface area contributed by atoms with Gasteiger partial charge in [-0.05, 0) is 64.5 Å². The number of amides is 1. The van der Waals surface area contributed by atoms with E-state index in [1.807, 2.05) is 30.3 Å². The number of aryl methyl sites for hydroxylation is 1. The highest BCUT2D eigenvalue weighted by Crippen LogP contribution is 2.27. The topological polar surface area (TPSA) is 69.3 Å². The van der Waals surface area contributed by atoms with Gasteiger partial charge in [0.1, 0.15) is 5.82 Å². The van der Waals surface area contributed by atoms with Crippen molar-refractivity contribution in [1.82, 2.24) is 19.8 Å². The SMILES string of the molecule is O=C(C1CCc2nc(-c3ccccc3)[nH]c(=O)c2CC1)N1CCC(N2CCCCC2)CC1. The summed E-state index contributed by atoms with van der Waals surface area (Å²) in [6.07, 6.45) is 9.05. The van der Waals surface area contributed by atoms with Crippen LogP contribution in [0.4, 0.5) is 0 Å². The van der Waals surface area contributed by atoms with Crippen molar-refractivity contribution >= 4 is 5.91 Å². The summed E-state index contributed by atoms with van der Waals surface area (Å²) in [6, 6.07) is 10.4. The van der Waals surface area contributed by atoms with Crippen molar-refractivity contribution in [2.45, 2.75) is 63.8 Å². The third-order valence-corrected chi connectivity index (χ3v) is 7.65. The lowest BCUT2D eigenvalue weighted by molar-refractivity contribution is -0.137. The Bertz CT molecular complexity index is 989. The van der Waals surface area contributed by atoms with E-state index < -0.39 is 0 Å². The number of benzene rings is 1. The second-order valence-corrected chi connectivity index (χ2v) is 9.63. The summed E-state index contributed by atoms with van der Waals surface area (Å²) in [5, 5.41) is 0. The summed E-state index contributed by atoms with van der Waals surface area (Å²) < 4.78 is 0. The van der Waals surface area contributed by atoms with Crippen molar-refractivity contribution in [3.63, 3.8) is 0 Å². The number of rotatable bonds is 3. The molecule has 1 unspecified atom stereocenters. The number of H-pyrrole nitrogens is 1. The zero-order valence-electron chi connectivity index (χ0n) is 18.9. The number of likely N-dealkylation sites (tertiary alicyclic amines) is 2. The van der Waals surface area contributed by atoms with E-state index in [9.17, 15) is 9.59 Å². The molecule has 6 heteroatoms. The third-order valence-electron chi connectivity index (χ3n) is 7.65. The molecular formula is C26H34N4O2. The van der Waals surface area contributed by atoms with Crippen molar-refractivity contribution in [1.29, 1.82) is 0 Å². The molecule has 2 aromatic rings. The third kappa shape index (κ3) is 4.51. The number of nitrogens with zero attached hydrogens (tertiary/aromatic N) is 3. The quantitative estimate of drug-likeness (QED) is 0.752. The van der Waals surface area contributed by atoms with E-state index >= 15 is 0 Å². The van der Waals surface area contributed by atoms with Gasteiger partial charge in [0, 0.05) is 36.2 Å². The van der Waals surface area contributed by atoms with Gasteiger partial charge in [-0.15, -0.1) is 0 Å². The number of aromatic nitrogens is 2. The van der Waals surface area contributed by atoms with Crippen LogP contribution in [0.25, 0.3) is 11.4 Å².